The normalized spacial score (nSPS) is 11.0. The van der Waals surface area contributed by atoms with Gasteiger partial charge in [0.2, 0.25) is 6.20 Å². The molecule has 0 atom stereocenters. The first-order valence-corrected chi connectivity index (χ1v) is 8.13. The van der Waals surface area contributed by atoms with Gasteiger partial charge in [0.1, 0.15) is 12.4 Å². The van der Waals surface area contributed by atoms with E-state index in [4.69, 9.17) is 4.74 Å². The van der Waals surface area contributed by atoms with Crippen molar-refractivity contribution >= 4 is 32.8 Å². The van der Waals surface area contributed by atoms with Crippen LogP contribution < -0.4 is 4.74 Å². The van der Waals surface area contributed by atoms with E-state index < -0.39 is 4.92 Å². The maximum absolute atomic E-state index is 10.4. The molecular formula is C19H14BrNO3. The van der Waals surface area contributed by atoms with Crippen LogP contribution in [0.25, 0.3) is 16.8 Å². The number of rotatable bonds is 5. The first kappa shape index (κ1) is 16.2. The molecule has 0 radical (unpaired) electrons. The van der Waals surface area contributed by atoms with Gasteiger partial charge in [-0.2, -0.15) is 0 Å². The molecule has 0 saturated heterocycles. The summed E-state index contributed by atoms with van der Waals surface area (Å²) in [7, 11) is 0. The van der Waals surface area contributed by atoms with Crippen LogP contribution in [0, 0.1) is 10.1 Å². The molecule has 3 aromatic carbocycles. The Morgan fingerprint density at radius 1 is 1.04 bits per heavy atom. The monoisotopic (exact) mass is 383 g/mol. The number of hydrogen-bond acceptors (Lipinski definition) is 3. The quantitative estimate of drug-likeness (QED) is 0.436. The molecule has 0 amide bonds. The third-order valence-electron chi connectivity index (χ3n) is 3.55. The molecule has 0 saturated carbocycles. The van der Waals surface area contributed by atoms with E-state index in [1.165, 1.54) is 16.8 Å². The smallest absolute Gasteiger partial charge is 0.235 e. The minimum Gasteiger partial charge on any atom is -0.488 e. The van der Waals surface area contributed by atoms with Gasteiger partial charge in [0.25, 0.3) is 0 Å². The molecule has 0 aliphatic rings. The highest BCUT2D eigenvalue weighted by molar-refractivity contribution is 9.10. The number of fused-ring (bicyclic) bond motifs is 1. The van der Waals surface area contributed by atoms with Crippen molar-refractivity contribution in [3.63, 3.8) is 0 Å². The van der Waals surface area contributed by atoms with E-state index in [9.17, 15) is 10.1 Å². The number of ether oxygens (including phenoxy) is 1. The fourth-order valence-electron chi connectivity index (χ4n) is 2.37. The predicted molar refractivity (Wildman–Crippen MR) is 98.5 cm³/mol. The van der Waals surface area contributed by atoms with E-state index >= 15 is 0 Å². The van der Waals surface area contributed by atoms with E-state index in [0.717, 1.165) is 21.8 Å². The third kappa shape index (κ3) is 4.00. The maximum Gasteiger partial charge on any atom is 0.235 e. The molecule has 4 nitrogen and oxygen atoms in total. The molecule has 24 heavy (non-hydrogen) atoms. The standard InChI is InChI=1S/C19H14BrNO3/c20-18-12-14(9-10-21(22)23)6-8-19(18)24-13-15-5-7-16-3-1-2-4-17(16)11-15/h1-12H,13H2. The van der Waals surface area contributed by atoms with Gasteiger partial charge in [0.15, 0.2) is 0 Å². The zero-order valence-electron chi connectivity index (χ0n) is 12.7. The highest BCUT2D eigenvalue weighted by Crippen LogP contribution is 2.27. The fraction of sp³-hybridized carbons (Fsp3) is 0.0526. The minimum absolute atomic E-state index is 0.452. The lowest BCUT2D eigenvalue weighted by Crippen LogP contribution is -1.96. The molecule has 0 unspecified atom stereocenters. The first-order valence-electron chi connectivity index (χ1n) is 7.33. The Morgan fingerprint density at radius 3 is 2.58 bits per heavy atom. The average Bonchev–Trinajstić information content (AvgIpc) is 2.59. The second-order valence-corrected chi connectivity index (χ2v) is 6.12. The van der Waals surface area contributed by atoms with Gasteiger partial charge in [0.05, 0.1) is 9.40 Å². The fourth-order valence-corrected chi connectivity index (χ4v) is 2.89. The van der Waals surface area contributed by atoms with Crippen LogP contribution in [-0.2, 0) is 6.61 Å². The van der Waals surface area contributed by atoms with Gasteiger partial charge in [-0.25, -0.2) is 0 Å². The van der Waals surface area contributed by atoms with Crippen LogP contribution in [-0.4, -0.2) is 4.92 Å². The minimum atomic E-state index is -0.488. The highest BCUT2D eigenvalue weighted by Gasteiger charge is 2.04. The summed E-state index contributed by atoms with van der Waals surface area (Å²) in [6.45, 7) is 0.452. The van der Waals surface area contributed by atoms with E-state index in [0.29, 0.717) is 12.4 Å². The summed E-state index contributed by atoms with van der Waals surface area (Å²) in [5, 5.41) is 12.7. The van der Waals surface area contributed by atoms with Crippen LogP contribution in [0.1, 0.15) is 11.1 Å². The van der Waals surface area contributed by atoms with Gasteiger partial charge in [-0.1, -0.05) is 42.5 Å². The van der Waals surface area contributed by atoms with Gasteiger partial charge in [-0.05, 0) is 56.0 Å². The Hall–Kier alpha value is -2.66. The molecule has 0 N–H and O–H groups in total. The zero-order valence-corrected chi connectivity index (χ0v) is 14.3. The van der Waals surface area contributed by atoms with Gasteiger partial charge in [-0.3, -0.25) is 10.1 Å². The van der Waals surface area contributed by atoms with Crippen molar-refractivity contribution in [2.45, 2.75) is 6.61 Å². The SMILES string of the molecule is O=[N+]([O-])C=Cc1ccc(OCc2ccc3ccccc3c2)c(Br)c1. The second kappa shape index (κ2) is 7.27. The Morgan fingerprint density at radius 2 is 1.83 bits per heavy atom. The first-order chi connectivity index (χ1) is 11.6. The number of halogens is 1. The summed E-state index contributed by atoms with van der Waals surface area (Å²) < 4.78 is 6.61. The molecule has 0 aliphatic heterocycles. The van der Waals surface area contributed by atoms with Crippen LogP contribution >= 0.6 is 15.9 Å². The summed E-state index contributed by atoms with van der Waals surface area (Å²) in [5.74, 6) is 0.696. The van der Waals surface area contributed by atoms with Gasteiger partial charge < -0.3 is 4.74 Å². The highest BCUT2D eigenvalue weighted by atomic mass is 79.9. The number of nitrogens with zero attached hydrogens (tertiary/aromatic N) is 1. The van der Waals surface area contributed by atoms with Crippen molar-refractivity contribution in [3.05, 3.63) is 92.6 Å². The molecule has 120 valence electrons. The Labute approximate surface area is 147 Å². The predicted octanol–water partition coefficient (Wildman–Crippen LogP) is 5.43. The van der Waals surface area contributed by atoms with Crippen LogP contribution in [0.2, 0.25) is 0 Å². The largest absolute Gasteiger partial charge is 0.488 e. The van der Waals surface area contributed by atoms with Crippen molar-refractivity contribution in [3.8, 4) is 5.75 Å². The molecule has 0 aromatic heterocycles. The summed E-state index contributed by atoms with van der Waals surface area (Å²) in [6, 6.07) is 19.8. The number of benzene rings is 3. The third-order valence-corrected chi connectivity index (χ3v) is 4.17. The molecule has 3 aromatic rings. The van der Waals surface area contributed by atoms with Crippen molar-refractivity contribution in [2.24, 2.45) is 0 Å². The Balaban J connectivity index is 1.72. The Kier molecular flexibility index (Phi) is 4.91. The van der Waals surface area contributed by atoms with Crippen LogP contribution in [0.3, 0.4) is 0 Å². The van der Waals surface area contributed by atoms with Crippen molar-refractivity contribution in [2.75, 3.05) is 0 Å². The molecule has 0 spiro atoms. The van der Waals surface area contributed by atoms with Crippen molar-refractivity contribution < 1.29 is 9.66 Å². The summed E-state index contributed by atoms with van der Waals surface area (Å²) >= 11 is 3.44. The zero-order chi connectivity index (χ0) is 16.9. The topological polar surface area (TPSA) is 52.4 Å². The molecule has 0 fully saturated rings. The summed E-state index contributed by atoms with van der Waals surface area (Å²) in [5.41, 5.74) is 1.81. The molecule has 0 aliphatic carbocycles. The van der Waals surface area contributed by atoms with E-state index in [1.807, 2.05) is 18.2 Å². The van der Waals surface area contributed by atoms with Crippen LogP contribution in [0.15, 0.2) is 71.3 Å². The van der Waals surface area contributed by atoms with E-state index in [1.54, 1.807) is 18.2 Å². The van der Waals surface area contributed by atoms with Crippen LogP contribution in [0.5, 0.6) is 5.75 Å². The number of nitro groups is 1. The molecule has 0 heterocycles. The maximum atomic E-state index is 10.4. The summed E-state index contributed by atoms with van der Waals surface area (Å²) in [4.78, 5) is 9.87. The van der Waals surface area contributed by atoms with Crippen LogP contribution in [0.4, 0.5) is 0 Å². The average molecular weight is 384 g/mol. The van der Waals surface area contributed by atoms with E-state index in [-0.39, 0.29) is 0 Å². The van der Waals surface area contributed by atoms with Crippen molar-refractivity contribution in [1.29, 1.82) is 0 Å². The summed E-state index contributed by atoms with van der Waals surface area (Å²) in [6.07, 6.45) is 2.36. The lowest BCUT2D eigenvalue weighted by atomic mass is 10.1. The molecule has 3 rings (SSSR count). The number of hydrogen-bond donors (Lipinski definition) is 0. The second-order valence-electron chi connectivity index (χ2n) is 5.26. The van der Waals surface area contributed by atoms with Gasteiger partial charge >= 0.3 is 0 Å². The van der Waals surface area contributed by atoms with E-state index in [2.05, 4.69) is 40.2 Å². The lowest BCUT2D eigenvalue weighted by molar-refractivity contribution is -0.400. The lowest BCUT2D eigenvalue weighted by Gasteiger charge is -2.09. The molecular weight excluding hydrogens is 370 g/mol. The van der Waals surface area contributed by atoms with Gasteiger partial charge in [0, 0.05) is 6.08 Å². The molecule has 5 heteroatoms. The van der Waals surface area contributed by atoms with Crippen molar-refractivity contribution in [1.82, 2.24) is 0 Å². The van der Waals surface area contributed by atoms with Gasteiger partial charge in [-0.15, -0.1) is 0 Å². The Bertz CT molecular complexity index is 921. The molecule has 0 bridgehead atoms.